The van der Waals surface area contributed by atoms with Crippen LogP contribution in [0.25, 0.3) is 0 Å². The lowest BCUT2D eigenvalue weighted by molar-refractivity contribution is 0.173. The zero-order chi connectivity index (χ0) is 10.7. The lowest BCUT2D eigenvalue weighted by Crippen LogP contribution is -2.00. The molecular weight excluding hydrogens is 214 g/mol. The molecule has 0 aromatic heterocycles. The molecule has 0 atom stereocenters. The summed E-state index contributed by atoms with van der Waals surface area (Å²) in [5.41, 5.74) is 6.50. The van der Waals surface area contributed by atoms with Crippen LogP contribution in [0.2, 0.25) is 5.02 Å². The van der Waals surface area contributed by atoms with Crippen LogP contribution in [0.3, 0.4) is 0 Å². The molecule has 0 bridgehead atoms. The number of hydrogen-bond acceptors (Lipinski definition) is 3. The van der Waals surface area contributed by atoms with Crippen LogP contribution in [0, 0.1) is 0 Å². The lowest BCUT2D eigenvalue weighted by atomic mass is 10.1. The Morgan fingerprint density at radius 3 is 2.93 bits per heavy atom. The zero-order valence-corrected chi connectivity index (χ0v) is 9.22. The second-order valence-corrected chi connectivity index (χ2v) is 3.91. The fourth-order valence-corrected chi connectivity index (χ4v) is 1.93. The summed E-state index contributed by atoms with van der Waals surface area (Å²) in [6, 6.07) is 3.70. The van der Waals surface area contributed by atoms with Gasteiger partial charge in [0.2, 0.25) is 6.79 Å². The molecule has 82 valence electrons. The number of unbranched alkanes of at least 4 members (excludes halogenated alkanes) is 1. The maximum absolute atomic E-state index is 6.12. The molecule has 1 heterocycles. The third kappa shape index (κ3) is 2.19. The third-order valence-corrected chi connectivity index (χ3v) is 2.82. The Labute approximate surface area is 94.1 Å². The molecule has 1 aromatic rings. The topological polar surface area (TPSA) is 44.5 Å². The standard InChI is InChI=1S/C11H14ClNO2/c12-9-4-5-10-11(15-7-14-10)8(9)3-1-2-6-13/h4-5H,1-3,6-7,13H2. The van der Waals surface area contributed by atoms with Gasteiger partial charge in [0.05, 0.1) is 0 Å². The van der Waals surface area contributed by atoms with Crippen molar-refractivity contribution in [2.24, 2.45) is 5.73 Å². The summed E-state index contributed by atoms with van der Waals surface area (Å²) < 4.78 is 10.7. The van der Waals surface area contributed by atoms with E-state index in [4.69, 9.17) is 26.8 Å². The molecule has 3 nitrogen and oxygen atoms in total. The molecule has 0 aliphatic carbocycles. The van der Waals surface area contributed by atoms with Gasteiger partial charge in [-0.3, -0.25) is 0 Å². The molecule has 0 spiro atoms. The number of halogens is 1. The molecule has 4 heteroatoms. The van der Waals surface area contributed by atoms with Crippen molar-refractivity contribution in [1.29, 1.82) is 0 Å². The highest BCUT2D eigenvalue weighted by Gasteiger charge is 2.19. The van der Waals surface area contributed by atoms with E-state index in [1.165, 1.54) is 0 Å². The molecule has 2 N–H and O–H groups in total. The van der Waals surface area contributed by atoms with E-state index in [2.05, 4.69) is 0 Å². The van der Waals surface area contributed by atoms with Gasteiger partial charge < -0.3 is 15.2 Å². The molecular formula is C11H14ClNO2. The predicted octanol–water partition coefficient (Wildman–Crippen LogP) is 2.35. The van der Waals surface area contributed by atoms with Crippen molar-refractivity contribution >= 4 is 11.6 Å². The Balaban J connectivity index is 2.17. The third-order valence-electron chi connectivity index (χ3n) is 2.47. The minimum absolute atomic E-state index is 0.291. The maximum Gasteiger partial charge on any atom is 0.231 e. The number of ether oxygens (including phenoxy) is 2. The van der Waals surface area contributed by atoms with E-state index in [0.29, 0.717) is 13.3 Å². The summed E-state index contributed by atoms with van der Waals surface area (Å²) in [5.74, 6) is 1.60. The van der Waals surface area contributed by atoms with E-state index >= 15 is 0 Å². The average molecular weight is 228 g/mol. The molecule has 1 aliphatic heterocycles. The first-order valence-electron chi connectivity index (χ1n) is 5.10. The quantitative estimate of drug-likeness (QED) is 0.804. The minimum atomic E-state index is 0.291. The van der Waals surface area contributed by atoms with E-state index in [1.54, 1.807) is 0 Å². The fourth-order valence-electron chi connectivity index (χ4n) is 1.69. The van der Waals surface area contributed by atoms with Crippen molar-refractivity contribution in [2.45, 2.75) is 19.3 Å². The van der Waals surface area contributed by atoms with Gasteiger partial charge in [-0.15, -0.1) is 0 Å². The van der Waals surface area contributed by atoms with Crippen molar-refractivity contribution in [3.05, 3.63) is 22.7 Å². The molecule has 0 unspecified atom stereocenters. The highest BCUT2D eigenvalue weighted by atomic mass is 35.5. The minimum Gasteiger partial charge on any atom is -0.454 e. The zero-order valence-electron chi connectivity index (χ0n) is 8.46. The highest BCUT2D eigenvalue weighted by molar-refractivity contribution is 6.31. The van der Waals surface area contributed by atoms with E-state index in [1.807, 2.05) is 12.1 Å². The Kier molecular flexibility index (Phi) is 3.34. The monoisotopic (exact) mass is 227 g/mol. The second-order valence-electron chi connectivity index (χ2n) is 3.51. The van der Waals surface area contributed by atoms with Crippen LogP contribution >= 0.6 is 11.6 Å². The van der Waals surface area contributed by atoms with Crippen LogP contribution in [-0.2, 0) is 6.42 Å². The van der Waals surface area contributed by atoms with Crippen LogP contribution < -0.4 is 15.2 Å². The van der Waals surface area contributed by atoms with E-state index in [0.717, 1.165) is 41.3 Å². The smallest absolute Gasteiger partial charge is 0.231 e. The molecule has 0 fully saturated rings. The van der Waals surface area contributed by atoms with Crippen LogP contribution in [0.5, 0.6) is 11.5 Å². The first-order valence-corrected chi connectivity index (χ1v) is 5.48. The van der Waals surface area contributed by atoms with Crippen molar-refractivity contribution in [2.75, 3.05) is 13.3 Å². The first-order chi connectivity index (χ1) is 7.33. The van der Waals surface area contributed by atoms with Crippen LogP contribution in [0.15, 0.2) is 12.1 Å². The van der Waals surface area contributed by atoms with Crippen LogP contribution in [-0.4, -0.2) is 13.3 Å². The van der Waals surface area contributed by atoms with Gasteiger partial charge in [-0.1, -0.05) is 11.6 Å². The molecule has 1 aliphatic rings. The van der Waals surface area contributed by atoms with Gasteiger partial charge in [0, 0.05) is 10.6 Å². The van der Waals surface area contributed by atoms with Crippen LogP contribution in [0.4, 0.5) is 0 Å². The van der Waals surface area contributed by atoms with Crippen molar-refractivity contribution in [3.63, 3.8) is 0 Å². The largest absolute Gasteiger partial charge is 0.454 e. The second kappa shape index (κ2) is 4.73. The summed E-state index contributed by atoms with van der Waals surface area (Å²) in [6.45, 7) is 1.00. The van der Waals surface area contributed by atoms with Gasteiger partial charge in [0.25, 0.3) is 0 Å². The predicted molar refractivity (Wildman–Crippen MR) is 59.6 cm³/mol. The van der Waals surface area contributed by atoms with Crippen LogP contribution in [0.1, 0.15) is 18.4 Å². The average Bonchev–Trinajstić information content (AvgIpc) is 2.69. The summed E-state index contributed by atoms with van der Waals surface area (Å²) in [6.07, 6.45) is 2.92. The Bertz CT molecular complexity index is 355. The molecule has 0 amide bonds. The fraction of sp³-hybridized carbons (Fsp3) is 0.455. The van der Waals surface area contributed by atoms with Gasteiger partial charge in [0.15, 0.2) is 11.5 Å². The molecule has 0 radical (unpaired) electrons. The van der Waals surface area contributed by atoms with Gasteiger partial charge in [-0.05, 0) is 37.9 Å². The number of rotatable bonds is 4. The van der Waals surface area contributed by atoms with Crippen molar-refractivity contribution < 1.29 is 9.47 Å². The highest BCUT2D eigenvalue weighted by Crippen LogP contribution is 2.40. The van der Waals surface area contributed by atoms with E-state index in [-0.39, 0.29) is 0 Å². The molecule has 2 rings (SSSR count). The molecule has 0 saturated carbocycles. The van der Waals surface area contributed by atoms with Gasteiger partial charge in [0.1, 0.15) is 0 Å². The number of hydrogen-bond donors (Lipinski definition) is 1. The number of nitrogens with two attached hydrogens (primary N) is 1. The van der Waals surface area contributed by atoms with Gasteiger partial charge in [-0.25, -0.2) is 0 Å². The molecule has 1 aromatic carbocycles. The van der Waals surface area contributed by atoms with Crippen molar-refractivity contribution in [3.8, 4) is 11.5 Å². The summed E-state index contributed by atoms with van der Waals surface area (Å²) in [4.78, 5) is 0. The van der Waals surface area contributed by atoms with E-state index < -0.39 is 0 Å². The van der Waals surface area contributed by atoms with E-state index in [9.17, 15) is 0 Å². The Morgan fingerprint density at radius 1 is 1.27 bits per heavy atom. The first kappa shape index (κ1) is 10.6. The van der Waals surface area contributed by atoms with Gasteiger partial charge in [-0.2, -0.15) is 0 Å². The summed E-state index contributed by atoms with van der Waals surface area (Å²) in [5, 5.41) is 0.747. The van der Waals surface area contributed by atoms with Gasteiger partial charge >= 0.3 is 0 Å². The number of fused-ring (bicyclic) bond motifs is 1. The summed E-state index contributed by atoms with van der Waals surface area (Å²) in [7, 11) is 0. The number of benzene rings is 1. The lowest BCUT2D eigenvalue weighted by Gasteiger charge is -2.07. The Morgan fingerprint density at radius 2 is 2.13 bits per heavy atom. The summed E-state index contributed by atoms with van der Waals surface area (Å²) >= 11 is 6.12. The maximum atomic E-state index is 6.12. The molecule has 0 saturated heterocycles. The molecule has 15 heavy (non-hydrogen) atoms. The van der Waals surface area contributed by atoms with Crippen molar-refractivity contribution in [1.82, 2.24) is 0 Å². The normalized spacial score (nSPS) is 13.2. The SMILES string of the molecule is NCCCCc1c(Cl)ccc2c1OCO2. The Hall–Kier alpha value is -0.930.